The third-order valence-electron chi connectivity index (χ3n) is 5.21. The first-order valence-electron chi connectivity index (χ1n) is 8.46. The third-order valence-corrected chi connectivity index (χ3v) is 5.21. The molecular formula is C19H20FN3O. The second-order valence-electron chi connectivity index (χ2n) is 6.75. The Balaban J connectivity index is 1.39. The standard InChI is InChI=1S/C19H20FN3O/c20-16-3-1-2-15(10-16)18-17(11-22-23-18)19(24)21-7-6-14-9-12-4-5-13(14)8-12/h1-5,10-14H,6-9H2,(H,21,24)(H,22,23)/t12-,13+,14-/m1/s1. The Bertz CT molecular complexity index is 782. The summed E-state index contributed by atoms with van der Waals surface area (Å²) in [5.74, 6) is 1.64. The number of halogens is 1. The number of hydrogen-bond donors (Lipinski definition) is 2. The Kier molecular flexibility index (Phi) is 3.92. The number of nitrogens with one attached hydrogen (secondary N) is 2. The van der Waals surface area contributed by atoms with Crippen molar-refractivity contribution in [3.05, 3.63) is 54.0 Å². The molecule has 2 bridgehead atoms. The number of rotatable bonds is 5. The van der Waals surface area contributed by atoms with E-state index in [0.29, 0.717) is 35.2 Å². The number of carbonyl (C=O) groups excluding carboxylic acids is 1. The molecule has 4 nitrogen and oxygen atoms in total. The summed E-state index contributed by atoms with van der Waals surface area (Å²) in [6.45, 7) is 0.661. The monoisotopic (exact) mass is 325 g/mol. The van der Waals surface area contributed by atoms with Crippen LogP contribution in [-0.2, 0) is 0 Å². The first-order chi connectivity index (χ1) is 11.7. The highest BCUT2D eigenvalue weighted by Gasteiger charge is 2.35. The highest BCUT2D eigenvalue weighted by atomic mass is 19.1. The minimum Gasteiger partial charge on any atom is -0.352 e. The predicted molar refractivity (Wildman–Crippen MR) is 89.8 cm³/mol. The van der Waals surface area contributed by atoms with Crippen molar-refractivity contribution in [2.75, 3.05) is 6.54 Å². The zero-order valence-electron chi connectivity index (χ0n) is 13.3. The number of carbonyl (C=O) groups is 1. The number of H-pyrrole nitrogens is 1. The van der Waals surface area contributed by atoms with E-state index >= 15 is 0 Å². The van der Waals surface area contributed by atoms with Gasteiger partial charge in [0.1, 0.15) is 5.82 Å². The van der Waals surface area contributed by atoms with Crippen LogP contribution in [0.1, 0.15) is 29.6 Å². The van der Waals surface area contributed by atoms with Gasteiger partial charge in [0.25, 0.3) is 5.91 Å². The maximum atomic E-state index is 13.4. The van der Waals surface area contributed by atoms with E-state index in [4.69, 9.17) is 0 Å². The molecule has 5 heteroatoms. The molecule has 3 atom stereocenters. The molecule has 1 amide bonds. The third kappa shape index (κ3) is 2.86. The molecular weight excluding hydrogens is 305 g/mol. The fourth-order valence-corrected chi connectivity index (χ4v) is 4.02. The van der Waals surface area contributed by atoms with Gasteiger partial charge in [0.05, 0.1) is 17.5 Å². The van der Waals surface area contributed by atoms with Crippen molar-refractivity contribution in [2.24, 2.45) is 17.8 Å². The van der Waals surface area contributed by atoms with Crippen LogP contribution >= 0.6 is 0 Å². The van der Waals surface area contributed by atoms with Crippen LogP contribution < -0.4 is 5.32 Å². The van der Waals surface area contributed by atoms with E-state index in [2.05, 4.69) is 27.7 Å². The zero-order chi connectivity index (χ0) is 16.5. The van der Waals surface area contributed by atoms with Crippen molar-refractivity contribution in [2.45, 2.75) is 19.3 Å². The van der Waals surface area contributed by atoms with E-state index in [1.807, 2.05) is 0 Å². The van der Waals surface area contributed by atoms with Crippen molar-refractivity contribution < 1.29 is 9.18 Å². The molecule has 0 spiro atoms. The number of nitrogens with zero attached hydrogens (tertiary/aromatic N) is 1. The number of amides is 1. The minimum atomic E-state index is -0.335. The number of aromatic amines is 1. The lowest BCUT2D eigenvalue weighted by molar-refractivity contribution is 0.0951. The van der Waals surface area contributed by atoms with E-state index in [1.54, 1.807) is 12.1 Å². The lowest BCUT2D eigenvalue weighted by Gasteiger charge is -2.17. The van der Waals surface area contributed by atoms with Crippen LogP contribution in [0.3, 0.4) is 0 Å². The van der Waals surface area contributed by atoms with Gasteiger partial charge in [-0.3, -0.25) is 9.89 Å². The van der Waals surface area contributed by atoms with Gasteiger partial charge in [-0.25, -0.2) is 4.39 Å². The molecule has 2 aliphatic carbocycles. The summed E-state index contributed by atoms with van der Waals surface area (Å²) < 4.78 is 13.4. The predicted octanol–water partition coefficient (Wildman–Crippen LogP) is 3.55. The summed E-state index contributed by atoms with van der Waals surface area (Å²) in [6, 6.07) is 6.15. The molecule has 124 valence electrons. The van der Waals surface area contributed by atoms with Crippen molar-refractivity contribution in [3.63, 3.8) is 0 Å². The summed E-state index contributed by atoms with van der Waals surface area (Å²) >= 11 is 0. The normalized spacial score (nSPS) is 24.5. The molecule has 0 aliphatic heterocycles. The van der Waals surface area contributed by atoms with Gasteiger partial charge in [0.2, 0.25) is 0 Å². The number of hydrogen-bond acceptors (Lipinski definition) is 2. The van der Waals surface area contributed by atoms with Gasteiger partial charge in [-0.15, -0.1) is 0 Å². The number of aromatic nitrogens is 2. The van der Waals surface area contributed by atoms with Crippen LogP contribution in [-0.4, -0.2) is 22.6 Å². The molecule has 2 aliphatic rings. The second kappa shape index (κ2) is 6.23. The van der Waals surface area contributed by atoms with E-state index < -0.39 is 0 Å². The molecule has 1 saturated carbocycles. The quantitative estimate of drug-likeness (QED) is 0.826. The largest absolute Gasteiger partial charge is 0.352 e. The van der Waals surface area contributed by atoms with Crippen LogP contribution in [0.2, 0.25) is 0 Å². The van der Waals surface area contributed by atoms with E-state index in [0.717, 1.165) is 12.3 Å². The SMILES string of the molecule is O=C(NCC[C@@H]1C[C@@H]2C=C[C@H]1C2)c1cn[nH]c1-c1cccc(F)c1. The molecule has 0 saturated heterocycles. The maximum Gasteiger partial charge on any atom is 0.255 e. The Morgan fingerprint density at radius 1 is 1.33 bits per heavy atom. The van der Waals surface area contributed by atoms with Gasteiger partial charge >= 0.3 is 0 Å². The molecule has 1 aromatic heterocycles. The first kappa shape index (κ1) is 15.1. The van der Waals surface area contributed by atoms with Gasteiger partial charge in [-0.05, 0) is 49.1 Å². The lowest BCUT2D eigenvalue weighted by Crippen LogP contribution is -2.26. The molecule has 1 aromatic carbocycles. The summed E-state index contributed by atoms with van der Waals surface area (Å²) in [4.78, 5) is 12.4. The smallest absolute Gasteiger partial charge is 0.255 e. The summed E-state index contributed by atoms with van der Waals surface area (Å²) in [7, 11) is 0. The van der Waals surface area contributed by atoms with Gasteiger partial charge in [0, 0.05) is 12.1 Å². The highest BCUT2D eigenvalue weighted by Crippen LogP contribution is 2.44. The maximum absolute atomic E-state index is 13.4. The van der Waals surface area contributed by atoms with Crippen LogP contribution in [0.25, 0.3) is 11.3 Å². The van der Waals surface area contributed by atoms with Crippen LogP contribution in [0.15, 0.2) is 42.6 Å². The zero-order valence-corrected chi connectivity index (χ0v) is 13.3. The Morgan fingerprint density at radius 2 is 2.25 bits per heavy atom. The van der Waals surface area contributed by atoms with Crippen molar-refractivity contribution in [3.8, 4) is 11.3 Å². The van der Waals surface area contributed by atoms with Crippen molar-refractivity contribution >= 4 is 5.91 Å². The molecule has 2 N–H and O–H groups in total. The van der Waals surface area contributed by atoms with Crippen LogP contribution in [0.5, 0.6) is 0 Å². The number of benzene rings is 1. The molecule has 1 fully saturated rings. The van der Waals surface area contributed by atoms with Crippen LogP contribution in [0, 0.1) is 23.6 Å². The number of fused-ring (bicyclic) bond motifs is 2. The van der Waals surface area contributed by atoms with Crippen molar-refractivity contribution in [1.82, 2.24) is 15.5 Å². The van der Waals surface area contributed by atoms with Gasteiger partial charge < -0.3 is 5.32 Å². The molecule has 0 unspecified atom stereocenters. The first-order valence-corrected chi connectivity index (χ1v) is 8.46. The lowest BCUT2D eigenvalue weighted by atomic mass is 9.90. The molecule has 0 radical (unpaired) electrons. The summed E-state index contributed by atoms with van der Waals surface area (Å²) in [6.07, 6.45) is 9.69. The van der Waals surface area contributed by atoms with E-state index in [9.17, 15) is 9.18 Å². The average Bonchev–Trinajstić information content (AvgIpc) is 3.31. The second-order valence-corrected chi connectivity index (χ2v) is 6.75. The summed E-state index contributed by atoms with van der Waals surface area (Å²) in [5.41, 5.74) is 1.62. The van der Waals surface area contributed by atoms with Gasteiger partial charge in [-0.2, -0.15) is 5.10 Å². The van der Waals surface area contributed by atoms with E-state index in [1.165, 1.54) is 31.2 Å². The fourth-order valence-electron chi connectivity index (χ4n) is 4.02. The molecule has 24 heavy (non-hydrogen) atoms. The Hall–Kier alpha value is -2.43. The average molecular weight is 325 g/mol. The minimum absolute atomic E-state index is 0.165. The van der Waals surface area contributed by atoms with Gasteiger partial charge in [0.15, 0.2) is 0 Å². The summed E-state index contributed by atoms with van der Waals surface area (Å²) in [5, 5.41) is 9.72. The van der Waals surface area contributed by atoms with Crippen molar-refractivity contribution in [1.29, 1.82) is 0 Å². The van der Waals surface area contributed by atoms with Gasteiger partial charge in [-0.1, -0.05) is 24.3 Å². The fraction of sp³-hybridized carbons (Fsp3) is 0.368. The molecule has 2 aromatic rings. The Labute approximate surface area is 140 Å². The molecule has 1 heterocycles. The van der Waals surface area contributed by atoms with E-state index in [-0.39, 0.29) is 11.7 Å². The number of allylic oxidation sites excluding steroid dienone is 2. The van der Waals surface area contributed by atoms with Crippen LogP contribution in [0.4, 0.5) is 4.39 Å². The highest BCUT2D eigenvalue weighted by molar-refractivity contribution is 5.99. The Morgan fingerprint density at radius 3 is 3.00 bits per heavy atom. The topological polar surface area (TPSA) is 57.8 Å². The molecule has 4 rings (SSSR count).